The van der Waals surface area contributed by atoms with Crippen LogP contribution in [0.3, 0.4) is 0 Å². The first-order valence-corrected chi connectivity index (χ1v) is 7.17. The molecule has 0 saturated carbocycles. The van der Waals surface area contributed by atoms with Crippen molar-refractivity contribution in [3.8, 4) is 0 Å². The van der Waals surface area contributed by atoms with Crippen LogP contribution in [-0.2, 0) is 0 Å². The van der Waals surface area contributed by atoms with Crippen LogP contribution in [0.1, 0.15) is 33.1 Å². The summed E-state index contributed by atoms with van der Waals surface area (Å²) in [6.07, 6.45) is 4.72. The summed E-state index contributed by atoms with van der Waals surface area (Å²) < 4.78 is 0. The number of aliphatic hydroxyl groups excluding tert-OH is 1. The summed E-state index contributed by atoms with van der Waals surface area (Å²) in [7, 11) is 0. The highest BCUT2D eigenvalue weighted by Crippen LogP contribution is 2.25. The Morgan fingerprint density at radius 1 is 1.53 bits per heavy atom. The fraction of sp³-hybridized carbons (Fsp3) is 0.714. The molecule has 106 valence electrons. The van der Waals surface area contributed by atoms with Crippen molar-refractivity contribution in [2.75, 3.05) is 29.9 Å². The normalized spacial score (nSPS) is 20.6. The summed E-state index contributed by atoms with van der Waals surface area (Å²) in [6, 6.07) is 2.44. The van der Waals surface area contributed by atoms with Crippen molar-refractivity contribution in [2.45, 2.75) is 39.2 Å². The van der Waals surface area contributed by atoms with E-state index < -0.39 is 0 Å². The molecule has 5 heteroatoms. The average molecular weight is 264 g/mol. The Balaban J connectivity index is 1.99. The molecule has 1 aromatic rings. The van der Waals surface area contributed by atoms with Crippen LogP contribution >= 0.6 is 0 Å². The van der Waals surface area contributed by atoms with E-state index in [4.69, 9.17) is 5.11 Å². The van der Waals surface area contributed by atoms with Crippen LogP contribution in [0.25, 0.3) is 0 Å². The van der Waals surface area contributed by atoms with Crippen molar-refractivity contribution >= 4 is 11.6 Å². The van der Waals surface area contributed by atoms with Gasteiger partial charge in [-0.2, -0.15) is 0 Å². The minimum Gasteiger partial charge on any atom is -0.396 e. The Bertz CT molecular complexity index is 399. The maximum absolute atomic E-state index is 9.00. The lowest BCUT2D eigenvalue weighted by atomic mass is 10.1. The molecule has 19 heavy (non-hydrogen) atoms. The minimum absolute atomic E-state index is 0.281. The summed E-state index contributed by atoms with van der Waals surface area (Å²) >= 11 is 0. The van der Waals surface area contributed by atoms with Crippen molar-refractivity contribution in [2.24, 2.45) is 5.92 Å². The molecule has 2 heterocycles. The molecule has 2 N–H and O–H groups in total. The van der Waals surface area contributed by atoms with Crippen molar-refractivity contribution in [1.29, 1.82) is 0 Å². The summed E-state index contributed by atoms with van der Waals surface area (Å²) in [6.45, 7) is 6.59. The van der Waals surface area contributed by atoms with E-state index in [9.17, 15) is 0 Å². The molecule has 1 fully saturated rings. The van der Waals surface area contributed by atoms with E-state index in [1.54, 1.807) is 6.33 Å². The minimum atomic E-state index is 0.281. The molecule has 1 saturated heterocycles. The molecule has 0 radical (unpaired) electrons. The van der Waals surface area contributed by atoms with Gasteiger partial charge in [0.25, 0.3) is 0 Å². The number of anilines is 2. The fourth-order valence-corrected chi connectivity index (χ4v) is 2.41. The number of aromatic nitrogens is 2. The Kier molecular flexibility index (Phi) is 4.96. The van der Waals surface area contributed by atoms with E-state index in [2.05, 4.69) is 34.0 Å². The predicted octanol–water partition coefficient (Wildman–Crippen LogP) is 1.90. The summed E-state index contributed by atoms with van der Waals surface area (Å²) in [4.78, 5) is 10.9. The second-order valence-electron chi connectivity index (χ2n) is 5.33. The SMILES string of the molecule is CCC(C)Nc1cc(N2CCC(CCO)C2)ncn1. The van der Waals surface area contributed by atoms with Gasteiger partial charge in [0.2, 0.25) is 0 Å². The fourth-order valence-electron chi connectivity index (χ4n) is 2.41. The highest BCUT2D eigenvalue weighted by Gasteiger charge is 2.23. The van der Waals surface area contributed by atoms with Gasteiger partial charge in [-0.25, -0.2) is 9.97 Å². The van der Waals surface area contributed by atoms with E-state index in [1.165, 1.54) is 0 Å². The van der Waals surface area contributed by atoms with Gasteiger partial charge in [0, 0.05) is 31.8 Å². The number of hydrogen-bond donors (Lipinski definition) is 2. The largest absolute Gasteiger partial charge is 0.396 e. The first kappa shape index (κ1) is 14.1. The van der Waals surface area contributed by atoms with Crippen LogP contribution in [0, 0.1) is 5.92 Å². The first-order valence-electron chi connectivity index (χ1n) is 7.17. The van der Waals surface area contributed by atoms with Crippen molar-refractivity contribution in [3.05, 3.63) is 12.4 Å². The van der Waals surface area contributed by atoms with Gasteiger partial charge >= 0.3 is 0 Å². The summed E-state index contributed by atoms with van der Waals surface area (Å²) in [5.41, 5.74) is 0. The van der Waals surface area contributed by atoms with Gasteiger partial charge in [-0.3, -0.25) is 0 Å². The molecular weight excluding hydrogens is 240 g/mol. The van der Waals surface area contributed by atoms with E-state index in [0.29, 0.717) is 12.0 Å². The average Bonchev–Trinajstić information content (AvgIpc) is 2.88. The molecule has 2 rings (SSSR count). The topological polar surface area (TPSA) is 61.3 Å². The molecule has 0 bridgehead atoms. The molecule has 5 nitrogen and oxygen atoms in total. The maximum Gasteiger partial charge on any atom is 0.134 e. The van der Waals surface area contributed by atoms with E-state index >= 15 is 0 Å². The van der Waals surface area contributed by atoms with Crippen LogP contribution in [0.4, 0.5) is 11.6 Å². The molecule has 0 aromatic carbocycles. The molecule has 0 amide bonds. The molecular formula is C14H24N4O. The number of nitrogens with one attached hydrogen (secondary N) is 1. The molecule has 0 spiro atoms. The van der Waals surface area contributed by atoms with Crippen LogP contribution in [0.2, 0.25) is 0 Å². The Morgan fingerprint density at radius 3 is 3.11 bits per heavy atom. The number of nitrogens with zero attached hydrogens (tertiary/aromatic N) is 3. The molecule has 2 atom stereocenters. The van der Waals surface area contributed by atoms with E-state index in [0.717, 1.165) is 44.0 Å². The second-order valence-corrected chi connectivity index (χ2v) is 5.33. The van der Waals surface area contributed by atoms with Gasteiger partial charge in [0.1, 0.15) is 18.0 Å². The number of aliphatic hydroxyl groups is 1. The van der Waals surface area contributed by atoms with Crippen molar-refractivity contribution in [1.82, 2.24) is 9.97 Å². The van der Waals surface area contributed by atoms with Crippen LogP contribution < -0.4 is 10.2 Å². The third-order valence-corrected chi connectivity index (χ3v) is 3.81. The van der Waals surface area contributed by atoms with E-state index in [1.807, 2.05) is 6.07 Å². The Hall–Kier alpha value is -1.36. The lowest BCUT2D eigenvalue weighted by Gasteiger charge is -2.19. The Morgan fingerprint density at radius 2 is 2.37 bits per heavy atom. The second kappa shape index (κ2) is 6.70. The van der Waals surface area contributed by atoms with Crippen LogP contribution in [0.5, 0.6) is 0 Å². The maximum atomic E-state index is 9.00. The lowest BCUT2D eigenvalue weighted by Crippen LogP contribution is -2.22. The van der Waals surface area contributed by atoms with Crippen molar-refractivity contribution in [3.63, 3.8) is 0 Å². The van der Waals surface area contributed by atoms with E-state index in [-0.39, 0.29) is 6.61 Å². The highest BCUT2D eigenvalue weighted by atomic mass is 16.3. The van der Waals surface area contributed by atoms with Crippen molar-refractivity contribution < 1.29 is 5.11 Å². The zero-order chi connectivity index (χ0) is 13.7. The molecule has 0 aliphatic carbocycles. The zero-order valence-electron chi connectivity index (χ0n) is 11.8. The molecule has 1 aliphatic rings. The standard InChI is InChI=1S/C14H24N4O/c1-3-11(2)17-13-8-14(16-10-15-13)18-6-4-12(9-18)5-7-19/h8,10-12,19H,3-7,9H2,1-2H3,(H,15,16,17). The molecule has 1 aromatic heterocycles. The first-order chi connectivity index (χ1) is 9.22. The van der Waals surface area contributed by atoms with Gasteiger partial charge in [-0.15, -0.1) is 0 Å². The summed E-state index contributed by atoms with van der Waals surface area (Å²) in [5.74, 6) is 2.47. The molecule has 2 unspecified atom stereocenters. The predicted molar refractivity (Wildman–Crippen MR) is 77.4 cm³/mol. The zero-order valence-corrected chi connectivity index (χ0v) is 11.8. The Labute approximate surface area is 115 Å². The van der Waals surface area contributed by atoms with Gasteiger partial charge in [0.15, 0.2) is 0 Å². The van der Waals surface area contributed by atoms with Crippen LogP contribution in [0.15, 0.2) is 12.4 Å². The molecule has 1 aliphatic heterocycles. The summed E-state index contributed by atoms with van der Waals surface area (Å²) in [5, 5.41) is 12.4. The monoisotopic (exact) mass is 264 g/mol. The highest BCUT2D eigenvalue weighted by molar-refractivity contribution is 5.49. The number of hydrogen-bond acceptors (Lipinski definition) is 5. The number of rotatable bonds is 6. The van der Waals surface area contributed by atoms with Gasteiger partial charge in [-0.1, -0.05) is 6.92 Å². The smallest absolute Gasteiger partial charge is 0.134 e. The quantitative estimate of drug-likeness (QED) is 0.821. The third-order valence-electron chi connectivity index (χ3n) is 3.81. The van der Waals surface area contributed by atoms with Gasteiger partial charge < -0.3 is 15.3 Å². The lowest BCUT2D eigenvalue weighted by molar-refractivity contribution is 0.263. The van der Waals surface area contributed by atoms with Crippen LogP contribution in [-0.4, -0.2) is 40.8 Å². The third kappa shape index (κ3) is 3.80. The van der Waals surface area contributed by atoms with Gasteiger partial charge in [-0.05, 0) is 32.1 Å². The van der Waals surface area contributed by atoms with Gasteiger partial charge in [0.05, 0.1) is 0 Å².